The first-order valence-corrected chi connectivity index (χ1v) is 3.49. The van der Waals surface area contributed by atoms with Gasteiger partial charge in [0, 0.05) is 6.07 Å². The maximum atomic E-state index is 12.8. The van der Waals surface area contributed by atoms with E-state index in [1.165, 1.54) is 6.07 Å². The van der Waals surface area contributed by atoms with E-state index in [1.807, 2.05) is 0 Å². The van der Waals surface area contributed by atoms with Gasteiger partial charge >= 0.3 is 0 Å². The molecule has 56 valence electrons. The smallest absolute Gasteiger partial charge is 0.128 e. The zero-order valence-electron chi connectivity index (χ0n) is 5.97. The predicted octanol–water partition coefficient (Wildman–Crippen LogP) is 2.87. The normalized spacial score (nSPS) is 8.91. The second-order valence-electron chi connectivity index (χ2n) is 2.14. The van der Waals surface area contributed by atoms with Gasteiger partial charge in [-0.2, -0.15) is 4.99 Å². The molecule has 0 bridgehead atoms. The fourth-order valence-corrected chi connectivity index (χ4v) is 0.809. The van der Waals surface area contributed by atoms with Gasteiger partial charge in [-0.25, -0.2) is 4.39 Å². The number of nitrogens with zero attached hydrogens (tertiary/aromatic N) is 1. The fraction of sp³-hybridized carbons (Fsp3) is 0.125. The average molecular weight is 167 g/mol. The van der Waals surface area contributed by atoms with E-state index in [-0.39, 0.29) is 5.82 Å². The van der Waals surface area contributed by atoms with Crippen LogP contribution in [0.3, 0.4) is 0 Å². The minimum Gasteiger partial charge on any atom is -0.207 e. The van der Waals surface area contributed by atoms with Crippen molar-refractivity contribution in [3.63, 3.8) is 0 Å². The third-order valence-electron chi connectivity index (χ3n) is 1.33. The van der Waals surface area contributed by atoms with E-state index in [2.05, 4.69) is 22.4 Å². The quantitative estimate of drug-likeness (QED) is 0.462. The highest BCUT2D eigenvalue weighted by molar-refractivity contribution is 7.78. The van der Waals surface area contributed by atoms with Crippen LogP contribution in [0.2, 0.25) is 0 Å². The summed E-state index contributed by atoms with van der Waals surface area (Å²) in [4.78, 5) is 3.63. The summed E-state index contributed by atoms with van der Waals surface area (Å²) in [5.74, 6) is -0.267. The first-order valence-electron chi connectivity index (χ1n) is 3.08. The van der Waals surface area contributed by atoms with E-state index in [9.17, 15) is 4.39 Å². The van der Waals surface area contributed by atoms with Crippen molar-refractivity contribution in [2.24, 2.45) is 4.99 Å². The summed E-state index contributed by atoms with van der Waals surface area (Å²) < 4.78 is 12.8. The molecule has 1 aromatic rings. The Kier molecular flexibility index (Phi) is 2.47. The molecule has 11 heavy (non-hydrogen) atoms. The molecule has 0 unspecified atom stereocenters. The maximum Gasteiger partial charge on any atom is 0.128 e. The van der Waals surface area contributed by atoms with Crippen molar-refractivity contribution < 1.29 is 4.39 Å². The number of hydrogen-bond acceptors (Lipinski definition) is 2. The second-order valence-corrected chi connectivity index (χ2v) is 2.32. The minimum atomic E-state index is -0.267. The van der Waals surface area contributed by atoms with Crippen LogP contribution < -0.4 is 0 Å². The largest absolute Gasteiger partial charge is 0.207 e. The Morgan fingerprint density at radius 3 is 2.82 bits per heavy atom. The van der Waals surface area contributed by atoms with Crippen molar-refractivity contribution in [3.05, 3.63) is 29.6 Å². The van der Waals surface area contributed by atoms with Crippen molar-refractivity contribution in [1.29, 1.82) is 0 Å². The van der Waals surface area contributed by atoms with E-state index in [4.69, 9.17) is 0 Å². The molecule has 0 atom stereocenters. The molecule has 1 rings (SSSR count). The molecule has 1 nitrogen and oxygen atoms in total. The monoisotopic (exact) mass is 167 g/mol. The highest BCUT2D eigenvalue weighted by Crippen LogP contribution is 2.15. The van der Waals surface area contributed by atoms with Gasteiger partial charge in [-0.05, 0) is 30.8 Å². The molecule has 3 heteroatoms. The number of isothiocyanates is 1. The van der Waals surface area contributed by atoms with Gasteiger partial charge in [-0.1, -0.05) is 6.07 Å². The molecule has 0 aliphatic heterocycles. The summed E-state index contributed by atoms with van der Waals surface area (Å²) in [6.07, 6.45) is 0. The molecule has 0 heterocycles. The Hall–Kier alpha value is -1.05. The molecule has 0 radical (unpaired) electrons. The van der Waals surface area contributed by atoms with Crippen LogP contribution >= 0.6 is 12.2 Å². The summed E-state index contributed by atoms with van der Waals surface area (Å²) in [7, 11) is 0. The molecule has 0 N–H and O–H groups in total. The number of rotatable bonds is 1. The molecule has 0 fully saturated rings. The Morgan fingerprint density at radius 2 is 2.27 bits per heavy atom. The minimum absolute atomic E-state index is 0.267. The number of aliphatic imine (C=N–C) groups is 1. The van der Waals surface area contributed by atoms with Crippen molar-refractivity contribution >= 4 is 23.1 Å². The van der Waals surface area contributed by atoms with Gasteiger partial charge < -0.3 is 0 Å². The molecule has 0 saturated carbocycles. The molecular formula is C8H6FNS. The topological polar surface area (TPSA) is 12.4 Å². The summed E-state index contributed by atoms with van der Waals surface area (Å²) in [5, 5.41) is 2.17. The molecule has 1 aromatic carbocycles. The number of benzene rings is 1. The third-order valence-corrected chi connectivity index (χ3v) is 1.42. The van der Waals surface area contributed by atoms with Crippen LogP contribution in [0.15, 0.2) is 23.2 Å². The van der Waals surface area contributed by atoms with Gasteiger partial charge in [-0.15, -0.1) is 0 Å². The lowest BCUT2D eigenvalue weighted by Gasteiger charge is -1.94. The number of aryl methyl sites for hydroxylation is 1. The molecule has 0 amide bonds. The van der Waals surface area contributed by atoms with Gasteiger partial charge in [0.2, 0.25) is 0 Å². The molecule has 0 aliphatic rings. The van der Waals surface area contributed by atoms with E-state index in [0.29, 0.717) is 11.3 Å². The zero-order valence-corrected chi connectivity index (χ0v) is 6.78. The van der Waals surface area contributed by atoms with Gasteiger partial charge in [-0.3, -0.25) is 0 Å². The first-order chi connectivity index (χ1) is 5.24. The first kappa shape index (κ1) is 8.05. The number of halogens is 1. The van der Waals surface area contributed by atoms with Crippen molar-refractivity contribution in [2.45, 2.75) is 6.92 Å². The lowest BCUT2D eigenvalue weighted by molar-refractivity contribution is 0.619. The van der Waals surface area contributed by atoms with E-state index in [0.717, 1.165) is 0 Å². The van der Waals surface area contributed by atoms with Crippen LogP contribution in [0.25, 0.3) is 0 Å². The standard InChI is InChI=1S/C8H6FNS/c1-6-2-3-7(10-5-11)4-8(6)9/h2-4H,1H3. The van der Waals surface area contributed by atoms with Crippen LogP contribution in [0, 0.1) is 12.7 Å². The van der Waals surface area contributed by atoms with Gasteiger partial charge in [0.25, 0.3) is 0 Å². The van der Waals surface area contributed by atoms with E-state index in [1.54, 1.807) is 19.1 Å². The van der Waals surface area contributed by atoms with Crippen LogP contribution in [0.5, 0.6) is 0 Å². The molecular weight excluding hydrogens is 161 g/mol. The average Bonchev–Trinajstić information content (AvgIpc) is 1.98. The highest BCUT2D eigenvalue weighted by atomic mass is 32.1. The van der Waals surface area contributed by atoms with Crippen molar-refractivity contribution in [1.82, 2.24) is 0 Å². The van der Waals surface area contributed by atoms with E-state index < -0.39 is 0 Å². The summed E-state index contributed by atoms with van der Waals surface area (Å²) in [6.45, 7) is 1.69. The summed E-state index contributed by atoms with van der Waals surface area (Å²) in [5.41, 5.74) is 1.11. The lowest BCUT2D eigenvalue weighted by Crippen LogP contribution is -1.78. The summed E-state index contributed by atoms with van der Waals surface area (Å²) >= 11 is 4.37. The SMILES string of the molecule is Cc1ccc(N=C=S)cc1F. The van der Waals surface area contributed by atoms with Crippen LogP contribution in [0.4, 0.5) is 10.1 Å². The van der Waals surface area contributed by atoms with E-state index >= 15 is 0 Å². The highest BCUT2D eigenvalue weighted by Gasteiger charge is 1.96. The number of thiocarbonyl (C=S) groups is 1. The predicted molar refractivity (Wildman–Crippen MR) is 45.8 cm³/mol. The second kappa shape index (κ2) is 3.37. The van der Waals surface area contributed by atoms with Crippen LogP contribution in [-0.4, -0.2) is 5.16 Å². The van der Waals surface area contributed by atoms with Gasteiger partial charge in [0.1, 0.15) is 5.82 Å². The van der Waals surface area contributed by atoms with Crippen molar-refractivity contribution in [3.8, 4) is 0 Å². The number of hydrogen-bond donors (Lipinski definition) is 0. The molecule has 0 spiro atoms. The Labute approximate surface area is 69.6 Å². The van der Waals surface area contributed by atoms with Gasteiger partial charge in [0.05, 0.1) is 10.8 Å². The lowest BCUT2D eigenvalue weighted by atomic mass is 10.2. The maximum absolute atomic E-state index is 12.8. The van der Waals surface area contributed by atoms with Crippen LogP contribution in [0.1, 0.15) is 5.56 Å². The Balaban J connectivity index is 3.14. The third kappa shape index (κ3) is 1.93. The van der Waals surface area contributed by atoms with Gasteiger partial charge in [0.15, 0.2) is 0 Å². The van der Waals surface area contributed by atoms with Crippen LogP contribution in [-0.2, 0) is 0 Å². The Bertz CT molecular complexity index is 316. The Morgan fingerprint density at radius 1 is 1.55 bits per heavy atom. The van der Waals surface area contributed by atoms with Crippen molar-refractivity contribution in [2.75, 3.05) is 0 Å². The summed E-state index contributed by atoms with van der Waals surface area (Å²) in [6, 6.07) is 4.67. The fourth-order valence-electron chi connectivity index (χ4n) is 0.704. The molecule has 0 saturated heterocycles. The molecule has 0 aliphatic carbocycles. The molecule has 0 aromatic heterocycles. The zero-order chi connectivity index (χ0) is 8.27.